The van der Waals surface area contributed by atoms with Crippen molar-refractivity contribution in [3.63, 3.8) is 0 Å². The molecular weight excluding hydrogens is 200 g/mol. The summed E-state index contributed by atoms with van der Waals surface area (Å²) in [6.07, 6.45) is 0. The van der Waals surface area contributed by atoms with Crippen LogP contribution in [0, 0.1) is 0 Å². The van der Waals surface area contributed by atoms with Crippen molar-refractivity contribution >= 4 is 0 Å². The summed E-state index contributed by atoms with van der Waals surface area (Å²) < 4.78 is 5.73. The van der Waals surface area contributed by atoms with E-state index in [9.17, 15) is 0 Å². The number of hydrogen-bond acceptors (Lipinski definition) is 3. The van der Waals surface area contributed by atoms with Crippen LogP contribution in [0.1, 0.15) is 12.5 Å². The monoisotopic (exact) mass is 222 g/mol. The van der Waals surface area contributed by atoms with Crippen molar-refractivity contribution in [2.75, 3.05) is 33.8 Å². The number of benzene rings is 1. The molecule has 1 aromatic carbocycles. The molecule has 0 atom stereocenters. The van der Waals surface area contributed by atoms with Gasteiger partial charge in [0.05, 0.1) is 0 Å². The van der Waals surface area contributed by atoms with Crippen LogP contribution in [0.25, 0.3) is 0 Å². The Labute approximate surface area is 98.4 Å². The van der Waals surface area contributed by atoms with Gasteiger partial charge in [-0.1, -0.05) is 25.1 Å². The number of nitrogens with zero attached hydrogens (tertiary/aromatic N) is 1. The minimum absolute atomic E-state index is 0.712. The van der Waals surface area contributed by atoms with Crippen LogP contribution in [-0.4, -0.2) is 38.7 Å². The number of nitrogens with one attached hydrogen (secondary N) is 1. The second-order valence-electron chi connectivity index (χ2n) is 3.89. The van der Waals surface area contributed by atoms with Crippen molar-refractivity contribution in [1.29, 1.82) is 0 Å². The van der Waals surface area contributed by atoms with Crippen LogP contribution >= 0.6 is 0 Å². The number of likely N-dealkylation sites (N-methyl/N-ethyl adjacent to an activating group) is 1. The van der Waals surface area contributed by atoms with Gasteiger partial charge < -0.3 is 15.0 Å². The molecule has 0 aromatic heterocycles. The minimum atomic E-state index is 0.712. The highest BCUT2D eigenvalue weighted by molar-refractivity contribution is 5.33. The standard InChI is InChI=1S/C13H22N2O/c1-4-15(3)11-12-7-5-6-8-13(12)16-10-9-14-2/h5-8,14H,4,9-11H2,1-3H3. The zero-order chi connectivity index (χ0) is 11.8. The second kappa shape index (κ2) is 7.25. The van der Waals surface area contributed by atoms with Crippen LogP contribution < -0.4 is 10.1 Å². The van der Waals surface area contributed by atoms with Crippen LogP contribution in [0.4, 0.5) is 0 Å². The lowest BCUT2D eigenvalue weighted by atomic mass is 10.2. The van der Waals surface area contributed by atoms with E-state index in [2.05, 4.69) is 36.3 Å². The highest BCUT2D eigenvalue weighted by atomic mass is 16.5. The molecule has 0 unspecified atom stereocenters. The van der Waals surface area contributed by atoms with Gasteiger partial charge in [-0.25, -0.2) is 0 Å². The third kappa shape index (κ3) is 4.21. The summed E-state index contributed by atoms with van der Waals surface area (Å²) in [7, 11) is 4.05. The maximum atomic E-state index is 5.73. The minimum Gasteiger partial charge on any atom is -0.492 e. The Balaban J connectivity index is 2.60. The highest BCUT2D eigenvalue weighted by Gasteiger charge is 2.04. The molecule has 0 aliphatic rings. The molecule has 90 valence electrons. The van der Waals surface area contributed by atoms with Gasteiger partial charge in [0.1, 0.15) is 12.4 Å². The van der Waals surface area contributed by atoms with Gasteiger partial charge in [-0.05, 0) is 26.7 Å². The molecular formula is C13H22N2O. The molecule has 1 rings (SSSR count). The molecule has 0 spiro atoms. The summed E-state index contributed by atoms with van der Waals surface area (Å²) in [5, 5.41) is 3.07. The topological polar surface area (TPSA) is 24.5 Å². The summed E-state index contributed by atoms with van der Waals surface area (Å²) in [6.45, 7) is 5.73. The van der Waals surface area contributed by atoms with E-state index in [1.807, 2.05) is 19.2 Å². The lowest BCUT2D eigenvalue weighted by molar-refractivity contribution is 0.299. The molecule has 0 saturated carbocycles. The molecule has 0 radical (unpaired) electrons. The van der Waals surface area contributed by atoms with E-state index >= 15 is 0 Å². The number of ether oxygens (including phenoxy) is 1. The first-order valence-corrected chi connectivity index (χ1v) is 5.81. The molecule has 0 fully saturated rings. The Bertz CT molecular complexity index is 302. The van der Waals surface area contributed by atoms with Gasteiger partial charge in [0.25, 0.3) is 0 Å². The van der Waals surface area contributed by atoms with Crippen molar-refractivity contribution in [1.82, 2.24) is 10.2 Å². The van der Waals surface area contributed by atoms with Crippen molar-refractivity contribution in [3.05, 3.63) is 29.8 Å². The van der Waals surface area contributed by atoms with E-state index in [1.165, 1.54) is 5.56 Å². The van der Waals surface area contributed by atoms with Crippen molar-refractivity contribution in [2.24, 2.45) is 0 Å². The lowest BCUT2D eigenvalue weighted by Crippen LogP contribution is -2.19. The van der Waals surface area contributed by atoms with Gasteiger partial charge in [0.2, 0.25) is 0 Å². The Kier molecular flexibility index (Phi) is 5.90. The SMILES string of the molecule is CCN(C)Cc1ccccc1OCCNC. The van der Waals surface area contributed by atoms with Crippen LogP contribution in [0.5, 0.6) is 5.75 Å². The van der Waals surface area contributed by atoms with Crippen molar-refractivity contribution in [3.8, 4) is 5.75 Å². The number of rotatable bonds is 7. The summed E-state index contributed by atoms with van der Waals surface area (Å²) in [4.78, 5) is 2.26. The highest BCUT2D eigenvalue weighted by Crippen LogP contribution is 2.19. The molecule has 16 heavy (non-hydrogen) atoms. The Morgan fingerprint density at radius 2 is 2.06 bits per heavy atom. The normalized spacial score (nSPS) is 10.8. The third-order valence-electron chi connectivity index (χ3n) is 2.56. The fourth-order valence-corrected chi connectivity index (χ4v) is 1.44. The van der Waals surface area contributed by atoms with E-state index in [-0.39, 0.29) is 0 Å². The van der Waals surface area contributed by atoms with Crippen molar-refractivity contribution in [2.45, 2.75) is 13.5 Å². The summed E-state index contributed by atoms with van der Waals surface area (Å²) >= 11 is 0. The van der Waals surface area contributed by atoms with E-state index in [1.54, 1.807) is 0 Å². The van der Waals surface area contributed by atoms with Crippen LogP contribution in [0.15, 0.2) is 24.3 Å². The van der Waals surface area contributed by atoms with E-state index < -0.39 is 0 Å². The summed E-state index contributed by atoms with van der Waals surface area (Å²) in [6, 6.07) is 8.24. The lowest BCUT2D eigenvalue weighted by Gasteiger charge is -2.17. The van der Waals surface area contributed by atoms with Crippen molar-refractivity contribution < 1.29 is 4.74 Å². The van der Waals surface area contributed by atoms with E-state index in [0.29, 0.717) is 6.61 Å². The molecule has 3 heteroatoms. The first-order valence-electron chi connectivity index (χ1n) is 5.81. The number of para-hydroxylation sites is 1. The zero-order valence-corrected chi connectivity index (χ0v) is 10.5. The number of hydrogen-bond donors (Lipinski definition) is 1. The molecule has 0 heterocycles. The molecule has 0 amide bonds. The molecule has 3 nitrogen and oxygen atoms in total. The van der Waals surface area contributed by atoms with E-state index in [4.69, 9.17) is 4.74 Å². The molecule has 0 bridgehead atoms. The first kappa shape index (κ1) is 13.0. The largest absolute Gasteiger partial charge is 0.492 e. The zero-order valence-electron chi connectivity index (χ0n) is 10.5. The summed E-state index contributed by atoms with van der Waals surface area (Å²) in [5.41, 5.74) is 1.25. The maximum absolute atomic E-state index is 5.73. The second-order valence-corrected chi connectivity index (χ2v) is 3.89. The van der Waals surface area contributed by atoms with Crippen LogP contribution in [0.3, 0.4) is 0 Å². The molecule has 1 aromatic rings. The first-order chi connectivity index (χ1) is 7.77. The third-order valence-corrected chi connectivity index (χ3v) is 2.56. The van der Waals surface area contributed by atoms with Gasteiger partial charge >= 0.3 is 0 Å². The maximum Gasteiger partial charge on any atom is 0.123 e. The van der Waals surface area contributed by atoms with Gasteiger partial charge in [-0.3, -0.25) is 0 Å². The van der Waals surface area contributed by atoms with Crippen LogP contribution in [0.2, 0.25) is 0 Å². The fourth-order valence-electron chi connectivity index (χ4n) is 1.44. The Morgan fingerprint density at radius 3 is 2.75 bits per heavy atom. The average molecular weight is 222 g/mol. The quantitative estimate of drug-likeness (QED) is 0.711. The van der Waals surface area contributed by atoms with E-state index in [0.717, 1.165) is 25.4 Å². The predicted octanol–water partition coefficient (Wildman–Crippen LogP) is 1.74. The van der Waals surface area contributed by atoms with Gasteiger partial charge in [0.15, 0.2) is 0 Å². The molecule has 1 N–H and O–H groups in total. The Hall–Kier alpha value is -1.06. The van der Waals surface area contributed by atoms with Crippen LogP contribution in [-0.2, 0) is 6.54 Å². The fraction of sp³-hybridized carbons (Fsp3) is 0.538. The van der Waals surface area contributed by atoms with Gasteiger partial charge in [0, 0.05) is 18.7 Å². The molecule has 0 aliphatic carbocycles. The molecule has 0 aliphatic heterocycles. The predicted molar refractivity (Wildman–Crippen MR) is 67.9 cm³/mol. The molecule has 0 saturated heterocycles. The van der Waals surface area contributed by atoms with Gasteiger partial charge in [-0.15, -0.1) is 0 Å². The average Bonchev–Trinajstić information content (AvgIpc) is 2.31. The smallest absolute Gasteiger partial charge is 0.123 e. The van der Waals surface area contributed by atoms with Gasteiger partial charge in [-0.2, -0.15) is 0 Å². The Morgan fingerprint density at radius 1 is 1.31 bits per heavy atom. The summed E-state index contributed by atoms with van der Waals surface area (Å²) in [5.74, 6) is 0.998.